The molecule has 110 valence electrons. The maximum absolute atomic E-state index is 13.0. The molecule has 0 aliphatic heterocycles. The Balaban J connectivity index is 3.02. The molecule has 0 aliphatic rings. The van der Waals surface area contributed by atoms with Crippen molar-refractivity contribution in [3.05, 3.63) is 29.3 Å². The molecular weight excluding hydrogens is 267 g/mol. The number of halogens is 3. The van der Waals surface area contributed by atoms with Crippen LogP contribution in [0.15, 0.2) is 18.2 Å². The van der Waals surface area contributed by atoms with Gasteiger partial charge in [-0.15, -0.1) is 5.92 Å². The van der Waals surface area contributed by atoms with Crippen molar-refractivity contribution >= 4 is 0 Å². The number of nitrogens with two attached hydrogens (primary N) is 1. The Hall–Kier alpha value is -1.67. The standard InChI is InChI=1S/C15H18F3NO/c1-3-5-8-20-14-7-6-11(9-12(19)4-2)10-13(14)15(16,17)18/h6-7,10,12H,4,8-9,19H2,1-2H3. The molecule has 1 atom stereocenters. The monoisotopic (exact) mass is 285 g/mol. The van der Waals surface area contributed by atoms with Gasteiger partial charge in [0.25, 0.3) is 0 Å². The summed E-state index contributed by atoms with van der Waals surface area (Å²) in [6, 6.07) is 3.90. The SMILES string of the molecule is CC#CCOc1ccc(CC(N)CC)cc1C(F)(F)F. The maximum atomic E-state index is 13.0. The zero-order valence-electron chi connectivity index (χ0n) is 11.6. The summed E-state index contributed by atoms with van der Waals surface area (Å²) in [6.07, 6.45) is -3.33. The van der Waals surface area contributed by atoms with Gasteiger partial charge in [0.1, 0.15) is 12.4 Å². The van der Waals surface area contributed by atoms with Crippen molar-refractivity contribution in [3.8, 4) is 17.6 Å². The van der Waals surface area contributed by atoms with Gasteiger partial charge in [-0.1, -0.05) is 18.9 Å². The van der Waals surface area contributed by atoms with Crippen LogP contribution in [-0.2, 0) is 12.6 Å². The van der Waals surface area contributed by atoms with E-state index < -0.39 is 11.7 Å². The summed E-state index contributed by atoms with van der Waals surface area (Å²) in [6.45, 7) is 3.44. The smallest absolute Gasteiger partial charge is 0.419 e. The second-order valence-corrected chi connectivity index (χ2v) is 4.42. The van der Waals surface area contributed by atoms with E-state index in [1.54, 1.807) is 13.0 Å². The van der Waals surface area contributed by atoms with Crippen LogP contribution in [0.3, 0.4) is 0 Å². The van der Waals surface area contributed by atoms with Crippen LogP contribution < -0.4 is 10.5 Å². The van der Waals surface area contributed by atoms with Gasteiger partial charge in [0.2, 0.25) is 0 Å². The van der Waals surface area contributed by atoms with Gasteiger partial charge >= 0.3 is 6.18 Å². The lowest BCUT2D eigenvalue weighted by atomic mass is 10.0. The molecule has 1 rings (SSSR count). The summed E-state index contributed by atoms with van der Waals surface area (Å²) in [4.78, 5) is 0. The quantitative estimate of drug-likeness (QED) is 0.842. The Kier molecular flexibility index (Phi) is 5.90. The van der Waals surface area contributed by atoms with E-state index in [2.05, 4.69) is 11.8 Å². The molecule has 20 heavy (non-hydrogen) atoms. The number of hydrogen-bond donors (Lipinski definition) is 1. The maximum Gasteiger partial charge on any atom is 0.419 e. The molecule has 1 aromatic carbocycles. The molecule has 0 amide bonds. The molecule has 0 bridgehead atoms. The molecule has 0 radical (unpaired) electrons. The highest BCUT2D eigenvalue weighted by atomic mass is 19.4. The van der Waals surface area contributed by atoms with Crippen molar-refractivity contribution in [1.29, 1.82) is 0 Å². The Bertz CT molecular complexity index is 500. The van der Waals surface area contributed by atoms with Gasteiger partial charge in [-0.2, -0.15) is 13.2 Å². The number of hydrogen-bond acceptors (Lipinski definition) is 2. The van der Waals surface area contributed by atoms with E-state index in [4.69, 9.17) is 10.5 Å². The molecule has 1 aromatic rings. The predicted molar refractivity (Wildman–Crippen MR) is 72.4 cm³/mol. The zero-order chi connectivity index (χ0) is 15.2. The molecule has 5 heteroatoms. The summed E-state index contributed by atoms with van der Waals surface area (Å²) in [5.41, 5.74) is 5.54. The minimum atomic E-state index is -4.46. The first-order chi connectivity index (χ1) is 9.38. The Morgan fingerprint density at radius 3 is 2.60 bits per heavy atom. The van der Waals surface area contributed by atoms with Crippen LogP contribution in [0.25, 0.3) is 0 Å². The number of rotatable bonds is 5. The fourth-order valence-corrected chi connectivity index (χ4v) is 1.68. The Labute approximate surface area is 117 Å². The van der Waals surface area contributed by atoms with Gasteiger partial charge < -0.3 is 10.5 Å². The van der Waals surface area contributed by atoms with E-state index in [9.17, 15) is 13.2 Å². The van der Waals surface area contributed by atoms with E-state index >= 15 is 0 Å². The molecular formula is C15H18F3NO. The topological polar surface area (TPSA) is 35.2 Å². The Morgan fingerprint density at radius 1 is 1.35 bits per heavy atom. The fourth-order valence-electron chi connectivity index (χ4n) is 1.68. The lowest BCUT2D eigenvalue weighted by Gasteiger charge is -2.15. The van der Waals surface area contributed by atoms with Gasteiger partial charge in [0, 0.05) is 6.04 Å². The second kappa shape index (κ2) is 7.20. The third-order valence-corrected chi connectivity index (χ3v) is 2.85. The summed E-state index contributed by atoms with van der Waals surface area (Å²) >= 11 is 0. The summed E-state index contributed by atoms with van der Waals surface area (Å²) in [5, 5.41) is 0. The van der Waals surface area contributed by atoms with Gasteiger partial charge in [-0.25, -0.2) is 0 Å². The summed E-state index contributed by atoms with van der Waals surface area (Å²) in [7, 11) is 0. The summed E-state index contributed by atoms with van der Waals surface area (Å²) < 4.78 is 44.1. The van der Waals surface area contributed by atoms with Crippen molar-refractivity contribution in [2.75, 3.05) is 6.61 Å². The van der Waals surface area contributed by atoms with Gasteiger partial charge in [0.05, 0.1) is 5.56 Å². The zero-order valence-corrected chi connectivity index (χ0v) is 11.6. The molecule has 0 heterocycles. The van der Waals surface area contributed by atoms with E-state index in [-0.39, 0.29) is 18.4 Å². The highest BCUT2D eigenvalue weighted by Crippen LogP contribution is 2.37. The largest absolute Gasteiger partial charge is 0.480 e. The van der Waals surface area contributed by atoms with Crippen molar-refractivity contribution in [2.24, 2.45) is 5.73 Å². The van der Waals surface area contributed by atoms with Crippen LogP contribution >= 0.6 is 0 Å². The third-order valence-electron chi connectivity index (χ3n) is 2.85. The van der Waals surface area contributed by atoms with Gasteiger partial charge in [-0.05, 0) is 37.5 Å². The van der Waals surface area contributed by atoms with Gasteiger partial charge in [-0.3, -0.25) is 0 Å². The van der Waals surface area contributed by atoms with Gasteiger partial charge in [0.15, 0.2) is 0 Å². The second-order valence-electron chi connectivity index (χ2n) is 4.42. The van der Waals surface area contributed by atoms with Crippen molar-refractivity contribution in [1.82, 2.24) is 0 Å². The van der Waals surface area contributed by atoms with E-state index in [0.29, 0.717) is 18.4 Å². The number of benzene rings is 1. The van der Waals surface area contributed by atoms with Crippen LogP contribution in [0.5, 0.6) is 5.75 Å². The fraction of sp³-hybridized carbons (Fsp3) is 0.467. The minimum Gasteiger partial charge on any atom is -0.480 e. The van der Waals surface area contributed by atoms with Crippen LogP contribution in [-0.4, -0.2) is 12.6 Å². The van der Waals surface area contributed by atoms with Crippen molar-refractivity contribution < 1.29 is 17.9 Å². The Morgan fingerprint density at radius 2 is 2.05 bits per heavy atom. The molecule has 0 saturated heterocycles. The molecule has 2 nitrogen and oxygen atoms in total. The summed E-state index contributed by atoms with van der Waals surface area (Å²) in [5.74, 6) is 4.94. The van der Waals surface area contributed by atoms with E-state index in [0.717, 1.165) is 6.07 Å². The average Bonchev–Trinajstić information content (AvgIpc) is 2.39. The highest BCUT2D eigenvalue weighted by Gasteiger charge is 2.34. The first-order valence-corrected chi connectivity index (χ1v) is 6.36. The molecule has 0 aromatic heterocycles. The molecule has 0 aliphatic carbocycles. The van der Waals surface area contributed by atoms with Crippen LogP contribution in [0.4, 0.5) is 13.2 Å². The number of ether oxygens (including phenoxy) is 1. The lowest BCUT2D eigenvalue weighted by molar-refractivity contribution is -0.138. The molecule has 2 N–H and O–H groups in total. The normalized spacial score (nSPS) is 12.5. The predicted octanol–water partition coefficient (Wildman–Crippen LogP) is 3.39. The average molecular weight is 285 g/mol. The molecule has 0 fully saturated rings. The lowest BCUT2D eigenvalue weighted by Crippen LogP contribution is -2.21. The van der Waals surface area contributed by atoms with Crippen molar-refractivity contribution in [3.63, 3.8) is 0 Å². The highest BCUT2D eigenvalue weighted by molar-refractivity contribution is 5.40. The molecule has 0 saturated carbocycles. The third kappa shape index (κ3) is 4.78. The van der Waals surface area contributed by atoms with Crippen LogP contribution in [0, 0.1) is 11.8 Å². The van der Waals surface area contributed by atoms with E-state index in [1.165, 1.54) is 6.07 Å². The first kappa shape index (κ1) is 16.4. The molecule has 1 unspecified atom stereocenters. The van der Waals surface area contributed by atoms with E-state index in [1.807, 2.05) is 6.92 Å². The van der Waals surface area contributed by atoms with Crippen LogP contribution in [0.2, 0.25) is 0 Å². The number of alkyl halides is 3. The molecule has 0 spiro atoms. The van der Waals surface area contributed by atoms with Crippen molar-refractivity contribution in [2.45, 2.75) is 38.9 Å². The minimum absolute atomic E-state index is 0.0621. The first-order valence-electron chi connectivity index (χ1n) is 6.36. The van der Waals surface area contributed by atoms with Crippen LogP contribution in [0.1, 0.15) is 31.4 Å².